The molecule has 2 rings (SSSR count). The molecule has 0 radical (unpaired) electrons. The summed E-state index contributed by atoms with van der Waals surface area (Å²) in [6.45, 7) is 0. The first-order valence-electron chi connectivity index (χ1n) is 5.82. The summed E-state index contributed by atoms with van der Waals surface area (Å²) in [4.78, 5) is 16.2. The molecule has 1 N–H and O–H groups in total. The summed E-state index contributed by atoms with van der Waals surface area (Å²) in [6.07, 6.45) is 1.62. The molecular formula is C14H12BrClN2O2. The molecule has 0 amide bonds. The number of rotatable bonds is 4. The largest absolute Gasteiger partial charge is 0.467 e. The number of para-hydroxylation sites is 1. The molecular weight excluding hydrogens is 344 g/mol. The Kier molecular flexibility index (Phi) is 4.98. The number of benzene rings is 1. The van der Waals surface area contributed by atoms with Gasteiger partial charge in [0.2, 0.25) is 0 Å². The smallest absolute Gasteiger partial charge is 0.334 e. The second kappa shape index (κ2) is 6.72. The van der Waals surface area contributed by atoms with Crippen LogP contribution in [0.5, 0.6) is 0 Å². The van der Waals surface area contributed by atoms with Crippen LogP contribution >= 0.6 is 27.5 Å². The van der Waals surface area contributed by atoms with Gasteiger partial charge in [-0.1, -0.05) is 23.7 Å². The lowest BCUT2D eigenvalue weighted by molar-refractivity contribution is -0.141. The van der Waals surface area contributed by atoms with Crippen molar-refractivity contribution in [2.45, 2.75) is 6.04 Å². The van der Waals surface area contributed by atoms with Crippen LogP contribution in [0.1, 0.15) is 11.7 Å². The quantitative estimate of drug-likeness (QED) is 0.847. The minimum absolute atomic E-state index is 0.431. The van der Waals surface area contributed by atoms with Crippen molar-refractivity contribution >= 4 is 39.2 Å². The molecule has 2 aromatic rings. The molecule has 104 valence electrons. The van der Waals surface area contributed by atoms with E-state index in [4.69, 9.17) is 16.3 Å². The van der Waals surface area contributed by atoms with Crippen molar-refractivity contribution in [3.8, 4) is 0 Å². The average Bonchev–Trinajstić information content (AvgIpc) is 2.47. The highest BCUT2D eigenvalue weighted by Crippen LogP contribution is 2.26. The predicted molar refractivity (Wildman–Crippen MR) is 81.8 cm³/mol. The van der Waals surface area contributed by atoms with Gasteiger partial charge in [0, 0.05) is 10.7 Å². The third kappa shape index (κ3) is 3.49. The number of carbonyl (C=O) groups excluding carboxylic acids is 1. The average molecular weight is 356 g/mol. The molecule has 0 aliphatic rings. The van der Waals surface area contributed by atoms with Gasteiger partial charge < -0.3 is 10.1 Å². The van der Waals surface area contributed by atoms with Crippen molar-refractivity contribution < 1.29 is 9.53 Å². The summed E-state index contributed by atoms with van der Waals surface area (Å²) in [5, 5.41) is 3.58. The lowest BCUT2D eigenvalue weighted by Crippen LogP contribution is -2.23. The van der Waals surface area contributed by atoms with Crippen molar-refractivity contribution in [1.82, 2.24) is 4.98 Å². The number of hydrogen-bond acceptors (Lipinski definition) is 4. The van der Waals surface area contributed by atoms with Crippen LogP contribution in [0, 0.1) is 0 Å². The van der Waals surface area contributed by atoms with E-state index in [1.54, 1.807) is 24.4 Å². The zero-order valence-corrected chi connectivity index (χ0v) is 13.0. The predicted octanol–water partition coefficient (Wildman–Crippen LogP) is 3.82. The van der Waals surface area contributed by atoms with Gasteiger partial charge in [-0.2, -0.15) is 0 Å². The highest BCUT2D eigenvalue weighted by Gasteiger charge is 2.23. The Morgan fingerprint density at radius 1 is 1.35 bits per heavy atom. The molecule has 0 fully saturated rings. The van der Waals surface area contributed by atoms with E-state index in [1.807, 2.05) is 18.2 Å². The van der Waals surface area contributed by atoms with E-state index >= 15 is 0 Å². The monoisotopic (exact) mass is 354 g/mol. The van der Waals surface area contributed by atoms with Gasteiger partial charge in [-0.25, -0.2) is 4.79 Å². The fraction of sp³-hybridized carbons (Fsp3) is 0.143. The zero-order valence-electron chi connectivity index (χ0n) is 10.6. The van der Waals surface area contributed by atoms with Crippen molar-refractivity contribution in [1.29, 1.82) is 0 Å². The van der Waals surface area contributed by atoms with Gasteiger partial charge in [-0.3, -0.25) is 4.98 Å². The van der Waals surface area contributed by atoms with Gasteiger partial charge in [0.05, 0.1) is 23.5 Å². The first-order chi connectivity index (χ1) is 9.61. The Morgan fingerprint density at radius 2 is 2.10 bits per heavy atom. The van der Waals surface area contributed by atoms with Crippen LogP contribution in [0.3, 0.4) is 0 Å². The molecule has 1 aromatic carbocycles. The summed E-state index contributed by atoms with van der Waals surface area (Å²) in [5.41, 5.74) is 1.20. The Labute approximate surface area is 130 Å². The second-order valence-electron chi connectivity index (χ2n) is 3.98. The number of anilines is 1. The van der Waals surface area contributed by atoms with Crippen LogP contribution in [0.15, 0.2) is 47.1 Å². The van der Waals surface area contributed by atoms with Crippen LogP contribution in [0.4, 0.5) is 5.69 Å². The number of hydrogen-bond donors (Lipinski definition) is 1. The van der Waals surface area contributed by atoms with Gasteiger partial charge in [-0.05, 0) is 40.2 Å². The van der Waals surface area contributed by atoms with Gasteiger partial charge in [0.25, 0.3) is 0 Å². The molecule has 20 heavy (non-hydrogen) atoms. The van der Waals surface area contributed by atoms with Crippen molar-refractivity contribution in [3.63, 3.8) is 0 Å². The first-order valence-corrected chi connectivity index (χ1v) is 6.99. The summed E-state index contributed by atoms with van der Waals surface area (Å²) in [7, 11) is 1.34. The van der Waals surface area contributed by atoms with Crippen molar-refractivity contribution in [3.05, 3.63) is 57.8 Å². The molecule has 0 spiro atoms. The van der Waals surface area contributed by atoms with Crippen LogP contribution in [-0.4, -0.2) is 18.1 Å². The third-order valence-electron chi connectivity index (χ3n) is 2.66. The second-order valence-corrected chi connectivity index (χ2v) is 5.30. The molecule has 1 unspecified atom stereocenters. The fourth-order valence-corrected chi connectivity index (χ4v) is 2.09. The van der Waals surface area contributed by atoms with Gasteiger partial charge in [-0.15, -0.1) is 0 Å². The number of methoxy groups -OCH3 is 1. The Hall–Kier alpha value is -1.59. The maximum Gasteiger partial charge on any atom is 0.334 e. The lowest BCUT2D eigenvalue weighted by atomic mass is 10.1. The van der Waals surface area contributed by atoms with E-state index in [1.165, 1.54) is 7.11 Å². The highest BCUT2D eigenvalue weighted by atomic mass is 79.9. The fourth-order valence-electron chi connectivity index (χ4n) is 1.66. The van der Waals surface area contributed by atoms with Gasteiger partial charge in [0.1, 0.15) is 0 Å². The maximum atomic E-state index is 11.9. The van der Waals surface area contributed by atoms with E-state index < -0.39 is 12.0 Å². The lowest BCUT2D eigenvalue weighted by Gasteiger charge is -2.18. The van der Waals surface area contributed by atoms with E-state index in [9.17, 15) is 4.79 Å². The molecule has 6 heteroatoms. The number of nitrogens with zero attached hydrogens (tertiary/aromatic N) is 1. The molecule has 0 aliphatic heterocycles. The Balaban J connectivity index is 2.31. The molecule has 0 saturated carbocycles. The zero-order chi connectivity index (χ0) is 14.5. The van der Waals surface area contributed by atoms with E-state index in [0.29, 0.717) is 16.4 Å². The SMILES string of the molecule is COC(=O)C(Nc1ccccc1Cl)c1ccc(Br)cn1. The van der Waals surface area contributed by atoms with E-state index in [0.717, 1.165) is 4.47 Å². The molecule has 4 nitrogen and oxygen atoms in total. The Morgan fingerprint density at radius 3 is 2.70 bits per heavy atom. The first kappa shape index (κ1) is 14.8. The van der Waals surface area contributed by atoms with Crippen LogP contribution in [0.2, 0.25) is 5.02 Å². The van der Waals surface area contributed by atoms with E-state index in [-0.39, 0.29) is 0 Å². The molecule has 1 heterocycles. The minimum atomic E-state index is -0.715. The topological polar surface area (TPSA) is 51.2 Å². The van der Waals surface area contributed by atoms with Crippen LogP contribution in [0.25, 0.3) is 0 Å². The molecule has 1 atom stereocenters. The summed E-state index contributed by atoms with van der Waals surface area (Å²) >= 11 is 9.39. The summed E-state index contributed by atoms with van der Waals surface area (Å²) in [5.74, 6) is -0.431. The minimum Gasteiger partial charge on any atom is -0.467 e. The number of aromatic nitrogens is 1. The molecule has 0 bridgehead atoms. The summed E-state index contributed by atoms with van der Waals surface area (Å²) in [6, 6.07) is 10.0. The van der Waals surface area contributed by atoms with Crippen LogP contribution < -0.4 is 5.32 Å². The number of pyridine rings is 1. The normalized spacial score (nSPS) is 11.8. The molecule has 1 aromatic heterocycles. The summed E-state index contributed by atoms with van der Waals surface area (Å²) < 4.78 is 5.65. The third-order valence-corrected chi connectivity index (χ3v) is 3.46. The standard InChI is InChI=1S/C14H12BrClN2O2/c1-20-14(19)13(12-7-6-9(15)8-17-12)18-11-5-3-2-4-10(11)16/h2-8,13,18H,1H3. The number of ether oxygens (including phenoxy) is 1. The van der Waals surface area contributed by atoms with Gasteiger partial charge >= 0.3 is 5.97 Å². The van der Waals surface area contributed by atoms with Crippen LogP contribution in [-0.2, 0) is 9.53 Å². The van der Waals surface area contributed by atoms with E-state index in [2.05, 4.69) is 26.2 Å². The van der Waals surface area contributed by atoms with Crippen molar-refractivity contribution in [2.75, 3.05) is 12.4 Å². The number of halogens is 2. The number of esters is 1. The van der Waals surface area contributed by atoms with Crippen molar-refractivity contribution in [2.24, 2.45) is 0 Å². The molecule has 0 aliphatic carbocycles. The number of carbonyl (C=O) groups is 1. The highest BCUT2D eigenvalue weighted by molar-refractivity contribution is 9.10. The molecule has 0 saturated heterocycles. The maximum absolute atomic E-state index is 11.9. The van der Waals surface area contributed by atoms with Gasteiger partial charge in [0.15, 0.2) is 6.04 Å². The Bertz CT molecular complexity index is 604. The number of nitrogens with one attached hydrogen (secondary N) is 1.